The summed E-state index contributed by atoms with van der Waals surface area (Å²) in [5, 5.41) is 6.35. The van der Waals surface area contributed by atoms with E-state index in [1.54, 1.807) is 38.3 Å². The van der Waals surface area contributed by atoms with E-state index in [2.05, 4.69) is 20.6 Å². The van der Waals surface area contributed by atoms with Gasteiger partial charge in [0.25, 0.3) is 0 Å². The fourth-order valence-electron chi connectivity index (χ4n) is 2.64. The molecule has 28 heavy (non-hydrogen) atoms. The molecular weight excluding hydrogens is 356 g/mol. The normalized spacial score (nSPS) is 10.2. The van der Waals surface area contributed by atoms with Crippen molar-refractivity contribution in [2.75, 3.05) is 24.4 Å². The lowest BCUT2D eigenvalue weighted by atomic mass is 10.2. The minimum atomic E-state index is -0.383. The van der Waals surface area contributed by atoms with Crippen LogP contribution in [-0.4, -0.2) is 29.7 Å². The number of rotatable bonds is 7. The summed E-state index contributed by atoms with van der Waals surface area (Å²) in [6, 6.07) is 16.5. The summed E-state index contributed by atoms with van der Waals surface area (Å²) in [5.74, 6) is 1.35. The summed E-state index contributed by atoms with van der Waals surface area (Å²) in [5.41, 5.74) is 2.65. The van der Waals surface area contributed by atoms with Crippen LogP contribution in [0.5, 0.6) is 5.75 Å². The molecule has 0 radical (unpaired) electrons. The third kappa shape index (κ3) is 4.76. The topological polar surface area (TPSA) is 85.4 Å². The van der Waals surface area contributed by atoms with Gasteiger partial charge in [-0.05, 0) is 38.1 Å². The Morgan fingerprint density at radius 1 is 1.04 bits per heavy atom. The number of ether oxygens (including phenoxy) is 2. The van der Waals surface area contributed by atoms with Crippen LogP contribution in [0, 0.1) is 6.92 Å². The number of aromatic nitrogens is 2. The van der Waals surface area contributed by atoms with Gasteiger partial charge < -0.3 is 20.1 Å². The van der Waals surface area contributed by atoms with Gasteiger partial charge in [-0.1, -0.05) is 18.2 Å². The average Bonchev–Trinajstić information content (AvgIpc) is 2.68. The van der Waals surface area contributed by atoms with Crippen LogP contribution >= 0.6 is 0 Å². The van der Waals surface area contributed by atoms with E-state index in [9.17, 15) is 4.79 Å². The molecule has 1 aromatic heterocycles. The third-order valence-electron chi connectivity index (χ3n) is 3.87. The molecule has 7 nitrogen and oxygen atoms in total. The summed E-state index contributed by atoms with van der Waals surface area (Å²) >= 11 is 0. The minimum Gasteiger partial charge on any atom is -0.497 e. The van der Waals surface area contributed by atoms with Crippen molar-refractivity contribution in [3.63, 3.8) is 0 Å². The fourth-order valence-corrected chi connectivity index (χ4v) is 2.64. The molecule has 0 fully saturated rings. The predicted molar refractivity (Wildman–Crippen MR) is 109 cm³/mol. The van der Waals surface area contributed by atoms with Crippen molar-refractivity contribution in [1.82, 2.24) is 9.97 Å². The van der Waals surface area contributed by atoms with Crippen LogP contribution in [0.25, 0.3) is 0 Å². The highest BCUT2D eigenvalue weighted by Crippen LogP contribution is 2.24. The van der Waals surface area contributed by atoms with Crippen LogP contribution in [0.3, 0.4) is 0 Å². The SMILES string of the molecule is CCOC(=O)c1ccccc1Nc1cc(C)nc(Nc2cccc(OC)c2)n1. The van der Waals surface area contributed by atoms with Crippen molar-refractivity contribution in [2.24, 2.45) is 0 Å². The van der Waals surface area contributed by atoms with E-state index < -0.39 is 0 Å². The monoisotopic (exact) mass is 378 g/mol. The number of hydrogen-bond donors (Lipinski definition) is 2. The minimum absolute atomic E-state index is 0.314. The summed E-state index contributed by atoms with van der Waals surface area (Å²) in [4.78, 5) is 21.1. The first-order chi connectivity index (χ1) is 13.6. The van der Waals surface area contributed by atoms with Gasteiger partial charge in [-0.25, -0.2) is 9.78 Å². The molecule has 0 spiro atoms. The van der Waals surface area contributed by atoms with E-state index in [0.717, 1.165) is 17.1 Å². The van der Waals surface area contributed by atoms with Crippen LogP contribution in [0.2, 0.25) is 0 Å². The largest absolute Gasteiger partial charge is 0.497 e. The van der Waals surface area contributed by atoms with Gasteiger partial charge in [-0.15, -0.1) is 0 Å². The van der Waals surface area contributed by atoms with E-state index in [0.29, 0.717) is 29.6 Å². The molecule has 2 N–H and O–H groups in total. The van der Waals surface area contributed by atoms with Crippen molar-refractivity contribution in [3.8, 4) is 5.75 Å². The number of aryl methyl sites for hydroxylation is 1. The molecule has 0 aliphatic carbocycles. The Balaban J connectivity index is 1.85. The fraction of sp³-hybridized carbons (Fsp3) is 0.190. The maximum atomic E-state index is 12.2. The zero-order valence-corrected chi connectivity index (χ0v) is 16.0. The predicted octanol–water partition coefficient (Wildman–Crippen LogP) is 4.46. The molecular formula is C21H22N4O3. The zero-order chi connectivity index (χ0) is 19.9. The Kier molecular flexibility index (Phi) is 6.06. The zero-order valence-electron chi connectivity index (χ0n) is 16.0. The second-order valence-corrected chi connectivity index (χ2v) is 5.97. The number of anilines is 4. The average molecular weight is 378 g/mol. The van der Waals surface area contributed by atoms with Gasteiger partial charge in [0.05, 0.1) is 25.0 Å². The highest BCUT2D eigenvalue weighted by molar-refractivity contribution is 5.96. The maximum Gasteiger partial charge on any atom is 0.340 e. The number of carbonyl (C=O) groups excluding carboxylic acids is 1. The molecule has 0 unspecified atom stereocenters. The van der Waals surface area contributed by atoms with Crippen molar-refractivity contribution < 1.29 is 14.3 Å². The number of esters is 1. The van der Waals surface area contributed by atoms with Gasteiger partial charge >= 0.3 is 5.97 Å². The number of nitrogens with zero attached hydrogens (tertiary/aromatic N) is 2. The second-order valence-electron chi connectivity index (χ2n) is 5.97. The molecule has 0 aliphatic rings. The standard InChI is InChI=1S/C21H22N4O3/c1-4-28-20(26)17-10-5-6-11-18(17)24-19-12-14(2)22-21(25-19)23-15-8-7-9-16(13-15)27-3/h5-13H,4H2,1-3H3,(H2,22,23,24,25). The Bertz CT molecular complexity index is 975. The van der Waals surface area contributed by atoms with Gasteiger partial charge in [0.2, 0.25) is 5.95 Å². The first-order valence-corrected chi connectivity index (χ1v) is 8.89. The lowest BCUT2D eigenvalue weighted by molar-refractivity contribution is 0.0527. The number of hydrogen-bond acceptors (Lipinski definition) is 7. The van der Waals surface area contributed by atoms with E-state index in [1.165, 1.54) is 0 Å². The molecule has 0 bridgehead atoms. The Morgan fingerprint density at radius 2 is 1.86 bits per heavy atom. The van der Waals surface area contributed by atoms with Gasteiger partial charge in [-0.2, -0.15) is 4.98 Å². The van der Waals surface area contributed by atoms with Gasteiger partial charge in [0.15, 0.2) is 0 Å². The van der Waals surface area contributed by atoms with Gasteiger partial charge in [-0.3, -0.25) is 0 Å². The molecule has 1 heterocycles. The summed E-state index contributed by atoms with van der Waals surface area (Å²) < 4.78 is 10.4. The highest BCUT2D eigenvalue weighted by Gasteiger charge is 2.13. The van der Waals surface area contributed by atoms with Crippen LogP contribution in [0.4, 0.5) is 23.1 Å². The molecule has 7 heteroatoms. The van der Waals surface area contributed by atoms with E-state index >= 15 is 0 Å². The number of carbonyl (C=O) groups is 1. The number of methoxy groups -OCH3 is 1. The lowest BCUT2D eigenvalue weighted by Crippen LogP contribution is -2.09. The van der Waals surface area contributed by atoms with Crippen molar-refractivity contribution in [1.29, 1.82) is 0 Å². The van der Waals surface area contributed by atoms with Crippen LogP contribution in [0.1, 0.15) is 23.0 Å². The van der Waals surface area contributed by atoms with E-state index in [4.69, 9.17) is 9.47 Å². The molecule has 3 aromatic rings. The van der Waals surface area contributed by atoms with Gasteiger partial charge in [0, 0.05) is 23.5 Å². The molecule has 0 saturated carbocycles. The van der Waals surface area contributed by atoms with Crippen LogP contribution in [0.15, 0.2) is 54.6 Å². The highest BCUT2D eigenvalue weighted by atomic mass is 16.5. The third-order valence-corrected chi connectivity index (χ3v) is 3.87. The number of benzene rings is 2. The van der Waals surface area contributed by atoms with E-state index in [-0.39, 0.29) is 5.97 Å². The summed E-state index contributed by atoms with van der Waals surface area (Å²) in [6.07, 6.45) is 0. The lowest BCUT2D eigenvalue weighted by Gasteiger charge is -2.13. The van der Waals surface area contributed by atoms with Crippen molar-refractivity contribution >= 4 is 29.1 Å². The Morgan fingerprint density at radius 3 is 2.64 bits per heavy atom. The van der Waals surface area contributed by atoms with Crippen LogP contribution in [-0.2, 0) is 4.74 Å². The Hall–Kier alpha value is -3.61. The molecule has 2 aromatic carbocycles. The molecule has 144 valence electrons. The van der Waals surface area contributed by atoms with Crippen molar-refractivity contribution in [2.45, 2.75) is 13.8 Å². The first kappa shape index (κ1) is 19.2. The van der Waals surface area contributed by atoms with Gasteiger partial charge in [0.1, 0.15) is 11.6 Å². The van der Waals surface area contributed by atoms with Crippen LogP contribution < -0.4 is 15.4 Å². The quantitative estimate of drug-likeness (QED) is 0.587. The summed E-state index contributed by atoms with van der Waals surface area (Å²) in [6.45, 7) is 3.97. The second kappa shape index (κ2) is 8.85. The maximum absolute atomic E-state index is 12.2. The summed E-state index contributed by atoms with van der Waals surface area (Å²) in [7, 11) is 1.62. The number of nitrogens with one attached hydrogen (secondary N) is 2. The van der Waals surface area contributed by atoms with Crippen molar-refractivity contribution in [3.05, 3.63) is 65.9 Å². The number of para-hydroxylation sites is 1. The molecule has 0 amide bonds. The molecule has 0 saturated heterocycles. The molecule has 0 atom stereocenters. The smallest absolute Gasteiger partial charge is 0.340 e. The van der Waals surface area contributed by atoms with E-state index in [1.807, 2.05) is 37.3 Å². The molecule has 3 rings (SSSR count). The first-order valence-electron chi connectivity index (χ1n) is 8.89. The Labute approximate surface area is 163 Å². The molecule has 0 aliphatic heterocycles.